The van der Waals surface area contributed by atoms with Crippen molar-refractivity contribution in [1.29, 1.82) is 0 Å². The molecule has 0 saturated heterocycles. The molecule has 1 rings (SSSR count). The van der Waals surface area contributed by atoms with Gasteiger partial charge in [-0.05, 0) is 36.3 Å². The minimum Gasteiger partial charge on any atom is -0.298 e. The highest BCUT2D eigenvalue weighted by molar-refractivity contribution is 5.80. The van der Waals surface area contributed by atoms with Gasteiger partial charge in [-0.25, -0.2) is 8.78 Å². The predicted molar refractivity (Wildman–Crippen MR) is 46.1 cm³/mol. The monoisotopic (exact) mass is 182 g/mol. The number of rotatable bonds is 2. The molecule has 0 aliphatic rings. The molecule has 0 aliphatic carbocycles. The topological polar surface area (TPSA) is 17.1 Å². The fourth-order valence-electron chi connectivity index (χ4n) is 0.955. The highest BCUT2D eigenvalue weighted by atomic mass is 19.1. The van der Waals surface area contributed by atoms with Gasteiger partial charge in [0.2, 0.25) is 0 Å². The summed E-state index contributed by atoms with van der Waals surface area (Å²) >= 11 is 0. The Labute approximate surface area is 74.7 Å². The van der Waals surface area contributed by atoms with Gasteiger partial charge in [-0.3, -0.25) is 4.79 Å². The van der Waals surface area contributed by atoms with Crippen molar-refractivity contribution in [2.24, 2.45) is 0 Å². The van der Waals surface area contributed by atoms with Crippen LogP contribution in [-0.4, -0.2) is 6.29 Å². The Balaban J connectivity index is 3.08. The number of hydrogen-bond donors (Lipinski definition) is 0. The molecule has 0 amide bonds. The van der Waals surface area contributed by atoms with Crippen molar-refractivity contribution in [2.45, 2.75) is 6.92 Å². The third-order valence-electron chi connectivity index (χ3n) is 1.47. The van der Waals surface area contributed by atoms with Crippen molar-refractivity contribution < 1.29 is 13.6 Å². The zero-order valence-corrected chi connectivity index (χ0v) is 7.05. The van der Waals surface area contributed by atoms with Gasteiger partial charge in [0.05, 0.1) is 0 Å². The highest BCUT2D eigenvalue weighted by Gasteiger charge is 1.98. The molecule has 0 radical (unpaired) electrons. The van der Waals surface area contributed by atoms with Gasteiger partial charge >= 0.3 is 0 Å². The molecule has 68 valence electrons. The van der Waals surface area contributed by atoms with Crippen LogP contribution in [0.2, 0.25) is 0 Å². The second-order valence-electron chi connectivity index (χ2n) is 2.71. The predicted octanol–water partition coefficient (Wildman–Crippen LogP) is 2.57. The molecule has 0 spiro atoms. The van der Waals surface area contributed by atoms with Gasteiger partial charge in [0.25, 0.3) is 0 Å². The maximum absolute atomic E-state index is 12.6. The van der Waals surface area contributed by atoms with Crippen LogP contribution >= 0.6 is 0 Å². The standard InChI is InChI=1S/C10H8F2O/c1-7(6-13)2-8-3-9(11)5-10(12)4-8/h2-6H,1H3. The molecule has 0 heterocycles. The third-order valence-corrected chi connectivity index (χ3v) is 1.47. The van der Waals surface area contributed by atoms with Crippen LogP contribution in [0.4, 0.5) is 8.78 Å². The lowest BCUT2D eigenvalue weighted by Crippen LogP contribution is -1.83. The van der Waals surface area contributed by atoms with Gasteiger partial charge in [-0.1, -0.05) is 0 Å². The van der Waals surface area contributed by atoms with Crippen LogP contribution in [0, 0.1) is 11.6 Å². The SMILES string of the molecule is CC(C=O)=Cc1cc(F)cc(F)c1. The molecule has 0 unspecified atom stereocenters. The van der Waals surface area contributed by atoms with Crippen LogP contribution < -0.4 is 0 Å². The van der Waals surface area contributed by atoms with Crippen LogP contribution in [0.15, 0.2) is 23.8 Å². The summed E-state index contributed by atoms with van der Waals surface area (Å²) in [5.74, 6) is -1.30. The molecule has 0 fully saturated rings. The zero-order valence-electron chi connectivity index (χ0n) is 7.05. The van der Waals surface area contributed by atoms with E-state index in [1.165, 1.54) is 6.08 Å². The maximum Gasteiger partial charge on any atom is 0.145 e. The van der Waals surface area contributed by atoms with E-state index in [0.29, 0.717) is 17.4 Å². The van der Waals surface area contributed by atoms with Gasteiger partial charge in [0, 0.05) is 6.07 Å². The molecule has 0 N–H and O–H groups in total. The Morgan fingerprint density at radius 3 is 2.23 bits per heavy atom. The molecule has 13 heavy (non-hydrogen) atoms. The van der Waals surface area contributed by atoms with Crippen molar-refractivity contribution in [1.82, 2.24) is 0 Å². The Morgan fingerprint density at radius 2 is 1.77 bits per heavy atom. The Kier molecular flexibility index (Phi) is 2.90. The normalized spacial score (nSPS) is 11.5. The average Bonchev–Trinajstić information content (AvgIpc) is 2.02. The lowest BCUT2D eigenvalue weighted by Gasteiger charge is -1.95. The van der Waals surface area contributed by atoms with Gasteiger partial charge in [-0.2, -0.15) is 0 Å². The lowest BCUT2D eigenvalue weighted by molar-refractivity contribution is -0.104. The largest absolute Gasteiger partial charge is 0.298 e. The number of aldehydes is 1. The molecular weight excluding hydrogens is 174 g/mol. The van der Waals surface area contributed by atoms with E-state index < -0.39 is 11.6 Å². The molecule has 0 aliphatic heterocycles. The molecule has 1 aromatic rings. The van der Waals surface area contributed by atoms with Crippen LogP contribution in [0.5, 0.6) is 0 Å². The molecule has 1 nitrogen and oxygen atoms in total. The first-order valence-corrected chi connectivity index (χ1v) is 3.71. The zero-order chi connectivity index (χ0) is 9.84. The van der Waals surface area contributed by atoms with Crippen LogP contribution in [0.25, 0.3) is 6.08 Å². The first-order chi connectivity index (χ1) is 6.11. The Bertz CT molecular complexity index is 336. The molecule has 0 aromatic heterocycles. The third kappa shape index (κ3) is 2.78. The van der Waals surface area contributed by atoms with Crippen molar-refractivity contribution >= 4 is 12.4 Å². The molecule has 0 saturated carbocycles. The second-order valence-corrected chi connectivity index (χ2v) is 2.71. The summed E-state index contributed by atoms with van der Waals surface area (Å²) in [6, 6.07) is 3.11. The number of hydrogen-bond acceptors (Lipinski definition) is 1. The highest BCUT2D eigenvalue weighted by Crippen LogP contribution is 2.10. The molecule has 0 atom stereocenters. The van der Waals surface area contributed by atoms with E-state index in [1.807, 2.05) is 0 Å². The molecular formula is C10H8F2O. The minimum absolute atomic E-state index is 0.349. The number of allylic oxidation sites excluding steroid dienone is 1. The minimum atomic E-state index is -0.648. The number of carbonyl (C=O) groups is 1. The van der Waals surface area contributed by atoms with Crippen LogP contribution in [0.1, 0.15) is 12.5 Å². The van der Waals surface area contributed by atoms with E-state index in [4.69, 9.17) is 0 Å². The number of halogens is 2. The van der Waals surface area contributed by atoms with Gasteiger partial charge < -0.3 is 0 Å². The van der Waals surface area contributed by atoms with E-state index in [0.717, 1.165) is 18.2 Å². The van der Waals surface area contributed by atoms with E-state index in [2.05, 4.69) is 0 Å². The molecule has 0 bridgehead atoms. The summed E-state index contributed by atoms with van der Waals surface area (Å²) in [6.07, 6.45) is 2.04. The molecule has 3 heteroatoms. The lowest BCUT2D eigenvalue weighted by atomic mass is 10.1. The first kappa shape index (κ1) is 9.58. The van der Waals surface area contributed by atoms with E-state index in [-0.39, 0.29) is 0 Å². The first-order valence-electron chi connectivity index (χ1n) is 3.71. The maximum atomic E-state index is 12.6. The van der Waals surface area contributed by atoms with Crippen LogP contribution in [-0.2, 0) is 4.79 Å². The fourth-order valence-corrected chi connectivity index (χ4v) is 0.955. The Hall–Kier alpha value is -1.51. The van der Waals surface area contributed by atoms with E-state index >= 15 is 0 Å². The second kappa shape index (κ2) is 3.94. The van der Waals surface area contributed by atoms with Crippen molar-refractivity contribution in [3.8, 4) is 0 Å². The summed E-state index contributed by atoms with van der Waals surface area (Å²) in [5.41, 5.74) is 0.770. The summed E-state index contributed by atoms with van der Waals surface area (Å²) in [5, 5.41) is 0. The summed E-state index contributed by atoms with van der Waals surface area (Å²) in [7, 11) is 0. The summed E-state index contributed by atoms with van der Waals surface area (Å²) < 4.78 is 25.2. The fraction of sp³-hybridized carbons (Fsp3) is 0.100. The quantitative estimate of drug-likeness (QED) is 0.507. The van der Waals surface area contributed by atoms with Gasteiger partial charge in [0.15, 0.2) is 0 Å². The van der Waals surface area contributed by atoms with E-state index in [9.17, 15) is 13.6 Å². The number of carbonyl (C=O) groups excluding carboxylic acids is 1. The van der Waals surface area contributed by atoms with Crippen molar-refractivity contribution in [3.63, 3.8) is 0 Å². The average molecular weight is 182 g/mol. The number of benzene rings is 1. The van der Waals surface area contributed by atoms with Crippen LogP contribution in [0.3, 0.4) is 0 Å². The molecule has 1 aromatic carbocycles. The summed E-state index contributed by atoms with van der Waals surface area (Å²) in [6.45, 7) is 1.57. The van der Waals surface area contributed by atoms with E-state index in [1.54, 1.807) is 6.92 Å². The van der Waals surface area contributed by atoms with Gasteiger partial charge in [-0.15, -0.1) is 0 Å². The Morgan fingerprint density at radius 1 is 1.23 bits per heavy atom. The summed E-state index contributed by atoms with van der Waals surface area (Å²) in [4.78, 5) is 10.2. The van der Waals surface area contributed by atoms with Crippen molar-refractivity contribution in [3.05, 3.63) is 41.0 Å². The van der Waals surface area contributed by atoms with Gasteiger partial charge in [0.1, 0.15) is 17.9 Å². The smallest absolute Gasteiger partial charge is 0.145 e. The van der Waals surface area contributed by atoms with Crippen molar-refractivity contribution in [2.75, 3.05) is 0 Å².